The third kappa shape index (κ3) is 2.34. The fourth-order valence-corrected chi connectivity index (χ4v) is 3.01. The molecule has 1 aliphatic heterocycles. The van der Waals surface area contributed by atoms with Crippen LogP contribution in [0.25, 0.3) is 10.8 Å². The number of para-hydroxylation sites is 1. The monoisotopic (exact) mass is 345 g/mol. The van der Waals surface area contributed by atoms with Crippen molar-refractivity contribution in [3.63, 3.8) is 0 Å². The molecule has 0 N–H and O–H groups in total. The second-order valence-corrected chi connectivity index (χ2v) is 5.69. The van der Waals surface area contributed by atoms with Gasteiger partial charge in [-0.2, -0.15) is 10.1 Å². The molecule has 3 aromatic carbocycles. The van der Waals surface area contributed by atoms with Crippen LogP contribution in [0.5, 0.6) is 0 Å². The normalized spacial score (nSPS) is 13.6. The Hall–Kier alpha value is -3.87. The Kier molecular flexibility index (Phi) is 3.54. The first-order valence-corrected chi connectivity index (χ1v) is 7.76. The van der Waals surface area contributed by atoms with Crippen molar-refractivity contribution in [1.82, 2.24) is 5.01 Å². The quantitative estimate of drug-likeness (QED) is 0.315. The fraction of sp³-hybridized carbons (Fsp3) is 0. The van der Waals surface area contributed by atoms with Gasteiger partial charge in [0, 0.05) is 11.5 Å². The summed E-state index contributed by atoms with van der Waals surface area (Å²) in [4.78, 5) is 36.0. The van der Waals surface area contributed by atoms with Gasteiger partial charge in [0.2, 0.25) is 0 Å². The van der Waals surface area contributed by atoms with E-state index in [-0.39, 0.29) is 11.3 Å². The van der Waals surface area contributed by atoms with Crippen LogP contribution in [0.2, 0.25) is 0 Å². The Morgan fingerprint density at radius 1 is 0.885 bits per heavy atom. The molecule has 0 aromatic heterocycles. The number of benzene rings is 3. The lowest BCUT2D eigenvalue weighted by atomic mass is 9.95. The lowest BCUT2D eigenvalue weighted by Gasteiger charge is -2.22. The van der Waals surface area contributed by atoms with Gasteiger partial charge in [-0.05, 0) is 23.6 Å². The number of hydrazone groups is 1. The van der Waals surface area contributed by atoms with Gasteiger partial charge in [-0.3, -0.25) is 19.7 Å². The van der Waals surface area contributed by atoms with Gasteiger partial charge < -0.3 is 0 Å². The van der Waals surface area contributed by atoms with E-state index in [1.54, 1.807) is 30.3 Å². The van der Waals surface area contributed by atoms with Crippen molar-refractivity contribution in [2.45, 2.75) is 0 Å². The highest BCUT2D eigenvalue weighted by atomic mass is 16.6. The maximum atomic E-state index is 12.7. The second-order valence-electron chi connectivity index (χ2n) is 5.69. The minimum absolute atomic E-state index is 0.157. The predicted octanol–water partition coefficient (Wildman–Crippen LogP) is 3.38. The molecule has 126 valence electrons. The third-order valence-electron chi connectivity index (χ3n) is 4.20. The van der Waals surface area contributed by atoms with Gasteiger partial charge in [0.15, 0.2) is 0 Å². The Balaban J connectivity index is 1.79. The second kappa shape index (κ2) is 5.89. The summed E-state index contributed by atoms with van der Waals surface area (Å²) in [7, 11) is 0. The van der Waals surface area contributed by atoms with Crippen LogP contribution in [-0.2, 0) is 0 Å². The lowest BCUT2D eigenvalue weighted by Crippen LogP contribution is -2.36. The summed E-state index contributed by atoms with van der Waals surface area (Å²) in [5, 5.41) is 17.2. The zero-order valence-corrected chi connectivity index (χ0v) is 13.3. The number of carbonyl (C=O) groups excluding carboxylic acids is 2. The van der Waals surface area contributed by atoms with Gasteiger partial charge in [-0.1, -0.05) is 36.4 Å². The molecule has 0 spiro atoms. The van der Waals surface area contributed by atoms with Crippen LogP contribution in [0, 0.1) is 10.1 Å². The van der Waals surface area contributed by atoms with E-state index in [4.69, 9.17) is 0 Å². The van der Waals surface area contributed by atoms with Gasteiger partial charge in [-0.15, -0.1) is 0 Å². The maximum Gasteiger partial charge on any atom is 0.282 e. The third-order valence-corrected chi connectivity index (χ3v) is 4.20. The number of nitro groups is 1. The van der Waals surface area contributed by atoms with E-state index in [1.165, 1.54) is 18.2 Å². The Morgan fingerprint density at radius 2 is 1.50 bits per heavy atom. The van der Waals surface area contributed by atoms with Gasteiger partial charge in [0.05, 0.1) is 27.8 Å². The molecule has 3 aromatic rings. The summed E-state index contributed by atoms with van der Waals surface area (Å²) in [5.41, 5.74) is 0.792. The summed E-state index contributed by atoms with van der Waals surface area (Å²) >= 11 is 0. The zero-order valence-electron chi connectivity index (χ0n) is 13.3. The molecule has 7 nitrogen and oxygen atoms in total. The summed E-state index contributed by atoms with van der Waals surface area (Å²) in [6.45, 7) is 0. The molecule has 7 heteroatoms. The minimum Gasteiger partial charge on any atom is -0.267 e. The molecule has 0 saturated heterocycles. The van der Waals surface area contributed by atoms with Crippen molar-refractivity contribution in [3.8, 4) is 0 Å². The van der Waals surface area contributed by atoms with E-state index in [0.717, 1.165) is 16.6 Å². The summed E-state index contributed by atoms with van der Waals surface area (Å²) in [6.07, 6.45) is 1.15. The summed E-state index contributed by atoms with van der Waals surface area (Å²) < 4.78 is 0. The number of hydrogen-bond donors (Lipinski definition) is 0. The van der Waals surface area contributed by atoms with Crippen molar-refractivity contribution in [2.75, 3.05) is 0 Å². The standard InChI is InChI=1S/C19H11N3O4/c23-18-14-8-3-6-12-7-4-9-15(17(12)14)19(24)21(18)20-11-13-5-1-2-10-16(13)22(25)26/h1-11H. The SMILES string of the molecule is O=C1c2cccc3cccc(c23)C(=O)N1N=Cc1ccccc1[N+](=O)[O-]. The average Bonchev–Trinajstić information content (AvgIpc) is 2.66. The van der Waals surface area contributed by atoms with Crippen molar-refractivity contribution >= 4 is 34.5 Å². The summed E-state index contributed by atoms with van der Waals surface area (Å²) in [6, 6.07) is 16.4. The van der Waals surface area contributed by atoms with E-state index in [9.17, 15) is 19.7 Å². The van der Waals surface area contributed by atoms with Crippen LogP contribution < -0.4 is 0 Å². The largest absolute Gasteiger partial charge is 0.282 e. The Morgan fingerprint density at radius 3 is 2.12 bits per heavy atom. The number of amides is 2. The number of hydrogen-bond acceptors (Lipinski definition) is 5. The number of imide groups is 1. The highest BCUT2D eigenvalue weighted by molar-refractivity contribution is 6.25. The Labute approximate surface area is 147 Å². The van der Waals surface area contributed by atoms with Crippen molar-refractivity contribution in [1.29, 1.82) is 0 Å². The summed E-state index contributed by atoms with van der Waals surface area (Å²) in [5.74, 6) is -1.12. The molecule has 0 saturated carbocycles. The van der Waals surface area contributed by atoms with E-state index in [0.29, 0.717) is 16.5 Å². The average molecular weight is 345 g/mol. The fourth-order valence-electron chi connectivity index (χ4n) is 3.01. The number of nitro benzene ring substituents is 1. The molecule has 0 atom stereocenters. The highest BCUT2D eigenvalue weighted by Crippen LogP contribution is 2.30. The van der Waals surface area contributed by atoms with Gasteiger partial charge in [-0.25, -0.2) is 0 Å². The first-order chi connectivity index (χ1) is 12.6. The molecule has 1 aliphatic rings. The number of nitrogens with zero attached hydrogens (tertiary/aromatic N) is 3. The number of carbonyl (C=O) groups is 2. The van der Waals surface area contributed by atoms with Crippen molar-refractivity contribution in [3.05, 3.63) is 87.5 Å². The molecular formula is C19H11N3O4. The molecule has 0 aliphatic carbocycles. The smallest absolute Gasteiger partial charge is 0.267 e. The molecular weight excluding hydrogens is 334 g/mol. The molecule has 0 fully saturated rings. The highest BCUT2D eigenvalue weighted by Gasteiger charge is 2.32. The topological polar surface area (TPSA) is 92.9 Å². The van der Waals surface area contributed by atoms with E-state index in [2.05, 4.69) is 5.10 Å². The van der Waals surface area contributed by atoms with E-state index in [1.807, 2.05) is 12.1 Å². The van der Waals surface area contributed by atoms with Crippen LogP contribution in [-0.4, -0.2) is 28.0 Å². The Bertz CT molecular complexity index is 1070. The van der Waals surface area contributed by atoms with Crippen LogP contribution in [0.15, 0.2) is 65.8 Å². The minimum atomic E-state index is -0.561. The van der Waals surface area contributed by atoms with Crippen LogP contribution in [0.4, 0.5) is 5.69 Å². The van der Waals surface area contributed by atoms with Crippen LogP contribution in [0.3, 0.4) is 0 Å². The zero-order chi connectivity index (χ0) is 18.3. The molecule has 2 amide bonds. The van der Waals surface area contributed by atoms with Crippen molar-refractivity contribution < 1.29 is 14.5 Å². The van der Waals surface area contributed by atoms with Crippen LogP contribution >= 0.6 is 0 Å². The van der Waals surface area contributed by atoms with Gasteiger partial charge in [0.25, 0.3) is 17.5 Å². The number of rotatable bonds is 3. The van der Waals surface area contributed by atoms with Crippen molar-refractivity contribution in [2.24, 2.45) is 5.10 Å². The molecule has 0 unspecified atom stereocenters. The molecule has 1 heterocycles. The molecule has 0 bridgehead atoms. The lowest BCUT2D eigenvalue weighted by molar-refractivity contribution is -0.385. The molecule has 0 radical (unpaired) electrons. The van der Waals surface area contributed by atoms with E-state index >= 15 is 0 Å². The predicted molar refractivity (Wildman–Crippen MR) is 95.1 cm³/mol. The van der Waals surface area contributed by atoms with Crippen LogP contribution in [0.1, 0.15) is 26.3 Å². The first kappa shape index (κ1) is 15.6. The van der Waals surface area contributed by atoms with E-state index < -0.39 is 16.7 Å². The molecule has 4 rings (SSSR count). The molecule has 26 heavy (non-hydrogen) atoms. The maximum absolute atomic E-state index is 12.7. The first-order valence-electron chi connectivity index (χ1n) is 7.76. The van der Waals surface area contributed by atoms with Gasteiger partial charge in [0.1, 0.15) is 0 Å². The van der Waals surface area contributed by atoms with Gasteiger partial charge >= 0.3 is 0 Å².